The zero-order chi connectivity index (χ0) is 16.3. The SMILES string of the molecule is O=C(CCc1csc(-c2ccccc2)n1)NC1CCS(=O)(=O)C1. The van der Waals surface area contributed by atoms with Crippen LogP contribution in [0.1, 0.15) is 18.5 Å². The summed E-state index contributed by atoms with van der Waals surface area (Å²) in [5, 5.41) is 5.72. The van der Waals surface area contributed by atoms with Gasteiger partial charge in [-0.3, -0.25) is 4.79 Å². The molecule has 2 heterocycles. The Labute approximate surface area is 139 Å². The molecule has 1 atom stereocenters. The number of benzene rings is 1. The number of amides is 1. The second-order valence-electron chi connectivity index (χ2n) is 5.68. The first-order chi connectivity index (χ1) is 11.0. The molecule has 0 aliphatic carbocycles. The Morgan fingerprint density at radius 2 is 2.09 bits per heavy atom. The normalized spacial score (nSPS) is 19.6. The van der Waals surface area contributed by atoms with E-state index in [1.54, 1.807) is 11.3 Å². The molecule has 1 unspecified atom stereocenters. The van der Waals surface area contributed by atoms with Gasteiger partial charge in [0, 0.05) is 23.4 Å². The smallest absolute Gasteiger partial charge is 0.220 e. The van der Waals surface area contributed by atoms with Crippen LogP contribution in [0, 0.1) is 0 Å². The van der Waals surface area contributed by atoms with E-state index in [1.165, 1.54) is 0 Å². The molecule has 1 amide bonds. The van der Waals surface area contributed by atoms with Crippen LogP contribution in [0.3, 0.4) is 0 Å². The molecule has 23 heavy (non-hydrogen) atoms. The highest BCUT2D eigenvalue weighted by atomic mass is 32.2. The molecule has 3 rings (SSSR count). The van der Waals surface area contributed by atoms with Crippen LogP contribution in [0.25, 0.3) is 10.6 Å². The van der Waals surface area contributed by atoms with Crippen molar-refractivity contribution in [1.29, 1.82) is 0 Å². The highest BCUT2D eigenvalue weighted by molar-refractivity contribution is 7.91. The Hall–Kier alpha value is -1.73. The lowest BCUT2D eigenvalue weighted by atomic mass is 10.2. The second-order valence-corrected chi connectivity index (χ2v) is 8.76. The van der Waals surface area contributed by atoms with Crippen molar-refractivity contribution in [2.24, 2.45) is 0 Å². The van der Waals surface area contributed by atoms with Crippen LogP contribution < -0.4 is 5.32 Å². The maximum atomic E-state index is 11.9. The number of hydrogen-bond donors (Lipinski definition) is 1. The molecule has 0 bridgehead atoms. The molecule has 7 heteroatoms. The number of thiazole rings is 1. The summed E-state index contributed by atoms with van der Waals surface area (Å²) in [5.74, 6) is 0.124. The van der Waals surface area contributed by atoms with Gasteiger partial charge in [0.2, 0.25) is 5.91 Å². The Balaban J connectivity index is 1.51. The number of rotatable bonds is 5. The fourth-order valence-electron chi connectivity index (χ4n) is 2.59. The third-order valence-electron chi connectivity index (χ3n) is 3.78. The molecule has 1 aliphatic rings. The van der Waals surface area contributed by atoms with Gasteiger partial charge in [-0.15, -0.1) is 11.3 Å². The molecule has 1 aromatic heterocycles. The molecule has 1 N–H and O–H groups in total. The zero-order valence-corrected chi connectivity index (χ0v) is 14.2. The standard InChI is InChI=1S/C16H18N2O3S2/c19-15(17-14-8-9-23(20,21)11-14)7-6-13-10-22-16(18-13)12-4-2-1-3-5-12/h1-5,10,14H,6-9,11H2,(H,17,19). The number of nitrogens with zero attached hydrogens (tertiary/aromatic N) is 1. The van der Waals surface area contributed by atoms with E-state index in [9.17, 15) is 13.2 Å². The molecule has 122 valence electrons. The van der Waals surface area contributed by atoms with E-state index in [2.05, 4.69) is 10.3 Å². The van der Waals surface area contributed by atoms with Gasteiger partial charge in [0.1, 0.15) is 5.01 Å². The van der Waals surface area contributed by atoms with Crippen molar-refractivity contribution >= 4 is 27.1 Å². The van der Waals surface area contributed by atoms with Crippen molar-refractivity contribution in [3.05, 3.63) is 41.4 Å². The molecular weight excluding hydrogens is 332 g/mol. The second kappa shape index (κ2) is 6.80. The summed E-state index contributed by atoms with van der Waals surface area (Å²) in [4.78, 5) is 16.5. The molecular formula is C16H18N2O3S2. The number of sulfone groups is 1. The lowest BCUT2D eigenvalue weighted by Gasteiger charge is -2.09. The lowest BCUT2D eigenvalue weighted by molar-refractivity contribution is -0.121. The van der Waals surface area contributed by atoms with Crippen molar-refractivity contribution < 1.29 is 13.2 Å². The fraction of sp³-hybridized carbons (Fsp3) is 0.375. The lowest BCUT2D eigenvalue weighted by Crippen LogP contribution is -2.35. The summed E-state index contributed by atoms with van der Waals surface area (Å²) in [7, 11) is -2.96. The predicted octanol–water partition coefficient (Wildman–Crippen LogP) is 2.05. The minimum Gasteiger partial charge on any atom is -0.352 e. The van der Waals surface area contributed by atoms with Gasteiger partial charge in [-0.2, -0.15) is 0 Å². The van der Waals surface area contributed by atoms with Crippen LogP contribution in [-0.2, 0) is 21.1 Å². The number of aryl methyl sites for hydroxylation is 1. The van der Waals surface area contributed by atoms with Crippen LogP contribution in [0.4, 0.5) is 0 Å². The van der Waals surface area contributed by atoms with E-state index >= 15 is 0 Å². The Morgan fingerprint density at radius 1 is 1.30 bits per heavy atom. The van der Waals surface area contributed by atoms with Gasteiger partial charge in [0.25, 0.3) is 0 Å². The van der Waals surface area contributed by atoms with E-state index in [0.717, 1.165) is 16.3 Å². The van der Waals surface area contributed by atoms with Crippen LogP contribution in [0.2, 0.25) is 0 Å². The summed E-state index contributed by atoms with van der Waals surface area (Å²) in [6.45, 7) is 0. The van der Waals surface area contributed by atoms with Gasteiger partial charge < -0.3 is 5.32 Å². The van der Waals surface area contributed by atoms with Gasteiger partial charge in [0.05, 0.1) is 17.2 Å². The van der Waals surface area contributed by atoms with Crippen molar-refractivity contribution in [3.8, 4) is 10.6 Å². The summed E-state index contributed by atoms with van der Waals surface area (Å²) < 4.78 is 22.8. The van der Waals surface area contributed by atoms with E-state index < -0.39 is 9.84 Å². The van der Waals surface area contributed by atoms with E-state index in [1.807, 2.05) is 35.7 Å². The summed E-state index contributed by atoms with van der Waals surface area (Å²) in [6, 6.07) is 9.69. The minimum atomic E-state index is -2.96. The maximum Gasteiger partial charge on any atom is 0.220 e. The number of hydrogen-bond acceptors (Lipinski definition) is 5. The van der Waals surface area contributed by atoms with Crippen LogP contribution in [0.15, 0.2) is 35.7 Å². The third-order valence-corrected chi connectivity index (χ3v) is 6.49. The highest BCUT2D eigenvalue weighted by Crippen LogP contribution is 2.23. The largest absolute Gasteiger partial charge is 0.352 e. The third kappa shape index (κ3) is 4.39. The summed E-state index contributed by atoms with van der Waals surface area (Å²) in [5.41, 5.74) is 1.97. The monoisotopic (exact) mass is 350 g/mol. The van der Waals surface area contributed by atoms with Gasteiger partial charge >= 0.3 is 0 Å². The minimum absolute atomic E-state index is 0.0631. The zero-order valence-electron chi connectivity index (χ0n) is 12.6. The van der Waals surface area contributed by atoms with Crippen LogP contribution >= 0.6 is 11.3 Å². The van der Waals surface area contributed by atoms with Gasteiger partial charge in [-0.05, 0) is 12.8 Å². The van der Waals surface area contributed by atoms with Crippen molar-refractivity contribution in [3.63, 3.8) is 0 Å². The average molecular weight is 350 g/mol. The molecule has 1 aromatic carbocycles. The van der Waals surface area contributed by atoms with Crippen molar-refractivity contribution in [2.45, 2.75) is 25.3 Å². The molecule has 0 radical (unpaired) electrons. The first-order valence-corrected chi connectivity index (χ1v) is 10.2. The van der Waals surface area contributed by atoms with E-state index in [-0.39, 0.29) is 23.5 Å². The van der Waals surface area contributed by atoms with Gasteiger partial charge in [-0.25, -0.2) is 13.4 Å². The van der Waals surface area contributed by atoms with Gasteiger partial charge in [-0.1, -0.05) is 30.3 Å². The first kappa shape index (κ1) is 16.1. The Morgan fingerprint density at radius 3 is 2.78 bits per heavy atom. The predicted molar refractivity (Wildman–Crippen MR) is 91.1 cm³/mol. The molecule has 2 aromatic rings. The molecule has 0 saturated carbocycles. The molecule has 1 aliphatic heterocycles. The van der Waals surface area contributed by atoms with Crippen LogP contribution in [0.5, 0.6) is 0 Å². The fourth-order valence-corrected chi connectivity index (χ4v) is 5.12. The van der Waals surface area contributed by atoms with E-state index in [0.29, 0.717) is 19.3 Å². The van der Waals surface area contributed by atoms with E-state index in [4.69, 9.17) is 0 Å². The first-order valence-electron chi connectivity index (χ1n) is 7.51. The summed E-state index contributed by atoms with van der Waals surface area (Å²) >= 11 is 1.56. The highest BCUT2D eigenvalue weighted by Gasteiger charge is 2.28. The number of nitrogens with one attached hydrogen (secondary N) is 1. The molecule has 1 fully saturated rings. The number of aromatic nitrogens is 1. The topological polar surface area (TPSA) is 76.1 Å². The summed E-state index contributed by atoms with van der Waals surface area (Å²) in [6.07, 6.45) is 1.41. The molecule has 0 spiro atoms. The van der Waals surface area contributed by atoms with Crippen LogP contribution in [-0.4, -0.2) is 36.9 Å². The molecule has 5 nitrogen and oxygen atoms in total. The Kier molecular flexibility index (Phi) is 4.77. The molecule has 1 saturated heterocycles. The average Bonchev–Trinajstić information content (AvgIpc) is 3.13. The number of carbonyl (C=O) groups is 1. The Bertz CT molecular complexity index is 785. The van der Waals surface area contributed by atoms with Crippen molar-refractivity contribution in [2.75, 3.05) is 11.5 Å². The maximum absolute atomic E-state index is 11.9. The number of carbonyl (C=O) groups excluding carboxylic acids is 1. The van der Waals surface area contributed by atoms with Crippen molar-refractivity contribution in [1.82, 2.24) is 10.3 Å². The quantitative estimate of drug-likeness (QED) is 0.895. The van der Waals surface area contributed by atoms with Gasteiger partial charge in [0.15, 0.2) is 9.84 Å².